The number of carboxylic acid groups (broad SMARTS) is 2. The average molecular weight is 317 g/mol. The third-order valence-electron chi connectivity index (χ3n) is 2.47. The standard InChI is InChI=1S/2C7H14O2.Co/c2*1-2-3-4-5-6-7(8)9;/h2*2-6H2,1H3,(H,8,9);/q;;+2/p-2. The maximum absolute atomic E-state index is 9.85. The second kappa shape index (κ2) is 19.8. The fraction of sp³-hybridized carbons (Fsp3) is 0.857. The van der Waals surface area contributed by atoms with Gasteiger partial charge in [-0.3, -0.25) is 0 Å². The molecule has 0 unspecified atom stereocenters. The summed E-state index contributed by atoms with van der Waals surface area (Å²) in [5.74, 6) is -1.85. The van der Waals surface area contributed by atoms with Crippen LogP contribution in [0.4, 0.5) is 0 Å². The Balaban J connectivity index is -0.000000256. The first kappa shape index (κ1) is 23.5. The summed E-state index contributed by atoms with van der Waals surface area (Å²) < 4.78 is 0. The van der Waals surface area contributed by atoms with Crippen LogP contribution in [0.15, 0.2) is 0 Å². The Morgan fingerprint density at radius 1 is 0.684 bits per heavy atom. The summed E-state index contributed by atoms with van der Waals surface area (Å²) in [4.78, 5) is 19.7. The maximum atomic E-state index is 9.85. The van der Waals surface area contributed by atoms with Gasteiger partial charge in [0.2, 0.25) is 0 Å². The van der Waals surface area contributed by atoms with E-state index < -0.39 is 11.9 Å². The minimum Gasteiger partial charge on any atom is -0.550 e. The third kappa shape index (κ3) is 31.8. The van der Waals surface area contributed by atoms with Gasteiger partial charge in [0.05, 0.1) is 0 Å². The molecule has 0 aliphatic heterocycles. The van der Waals surface area contributed by atoms with Gasteiger partial charge < -0.3 is 19.8 Å². The van der Waals surface area contributed by atoms with Gasteiger partial charge in [-0.2, -0.15) is 0 Å². The topological polar surface area (TPSA) is 80.3 Å². The summed E-state index contributed by atoms with van der Waals surface area (Å²) in [5, 5.41) is 19.7. The van der Waals surface area contributed by atoms with Crippen LogP contribution in [0.3, 0.4) is 0 Å². The van der Waals surface area contributed by atoms with Gasteiger partial charge in [0.1, 0.15) is 0 Å². The first-order chi connectivity index (χ1) is 8.54. The molecule has 0 saturated heterocycles. The van der Waals surface area contributed by atoms with E-state index in [0.29, 0.717) is 0 Å². The van der Waals surface area contributed by atoms with Crippen molar-refractivity contribution in [3.05, 3.63) is 0 Å². The van der Waals surface area contributed by atoms with Crippen molar-refractivity contribution in [2.75, 3.05) is 0 Å². The molecule has 0 aromatic carbocycles. The SMILES string of the molecule is CCCCCCC(=O)[O-].CCCCCCC(=O)[O-].[Co+2]. The van der Waals surface area contributed by atoms with Crippen molar-refractivity contribution in [1.29, 1.82) is 0 Å². The molecule has 0 atom stereocenters. The van der Waals surface area contributed by atoms with Crippen molar-refractivity contribution in [2.45, 2.75) is 78.1 Å². The first-order valence-corrected chi connectivity index (χ1v) is 6.94. The van der Waals surface area contributed by atoms with Crippen LogP contribution in [0.5, 0.6) is 0 Å². The monoisotopic (exact) mass is 317 g/mol. The number of hydrogen-bond acceptors (Lipinski definition) is 4. The van der Waals surface area contributed by atoms with E-state index >= 15 is 0 Å². The molecule has 115 valence electrons. The third-order valence-corrected chi connectivity index (χ3v) is 2.47. The molecule has 1 radical (unpaired) electrons. The number of rotatable bonds is 10. The van der Waals surface area contributed by atoms with Crippen LogP contribution in [0.2, 0.25) is 0 Å². The molecule has 0 rings (SSSR count). The molecule has 0 heterocycles. The molecule has 0 aliphatic carbocycles. The van der Waals surface area contributed by atoms with E-state index in [2.05, 4.69) is 13.8 Å². The van der Waals surface area contributed by atoms with Gasteiger partial charge in [-0.25, -0.2) is 0 Å². The molecule has 0 fully saturated rings. The Hall–Kier alpha value is -0.554. The smallest absolute Gasteiger partial charge is 0.550 e. The normalized spacial score (nSPS) is 8.95. The van der Waals surface area contributed by atoms with Gasteiger partial charge in [0.15, 0.2) is 0 Å². The summed E-state index contributed by atoms with van der Waals surface area (Å²) in [6.45, 7) is 4.19. The van der Waals surface area contributed by atoms with Crippen LogP contribution >= 0.6 is 0 Å². The Morgan fingerprint density at radius 2 is 1.00 bits per heavy atom. The quantitative estimate of drug-likeness (QED) is 0.571. The summed E-state index contributed by atoms with van der Waals surface area (Å²) in [5.41, 5.74) is 0. The zero-order chi connectivity index (χ0) is 14.2. The van der Waals surface area contributed by atoms with Crippen molar-refractivity contribution < 1.29 is 36.6 Å². The van der Waals surface area contributed by atoms with Crippen molar-refractivity contribution in [3.63, 3.8) is 0 Å². The Labute approximate surface area is 127 Å². The van der Waals surface area contributed by atoms with Gasteiger partial charge in [0.25, 0.3) is 0 Å². The van der Waals surface area contributed by atoms with E-state index in [1.165, 1.54) is 0 Å². The molecule has 0 N–H and O–H groups in total. The van der Waals surface area contributed by atoms with Crippen LogP contribution in [0.1, 0.15) is 78.1 Å². The summed E-state index contributed by atoms with van der Waals surface area (Å²) in [6.07, 6.45) is 8.59. The molecule has 4 nitrogen and oxygen atoms in total. The molecule has 0 amide bonds. The molecule has 0 aliphatic rings. The van der Waals surface area contributed by atoms with Crippen LogP contribution in [-0.2, 0) is 26.4 Å². The predicted molar refractivity (Wildman–Crippen MR) is 67.5 cm³/mol. The van der Waals surface area contributed by atoms with E-state index in [-0.39, 0.29) is 29.6 Å². The maximum Gasteiger partial charge on any atom is 2.00 e. The zero-order valence-electron chi connectivity index (χ0n) is 12.0. The van der Waals surface area contributed by atoms with E-state index in [4.69, 9.17) is 0 Å². The minimum absolute atomic E-state index is 0. The number of carbonyl (C=O) groups is 2. The molecule has 0 aromatic heterocycles. The minimum atomic E-state index is -0.925. The van der Waals surface area contributed by atoms with Crippen LogP contribution < -0.4 is 10.2 Å². The second-order valence-electron chi connectivity index (χ2n) is 4.37. The molecule has 0 saturated carbocycles. The number of unbranched alkanes of at least 4 members (excludes halogenated alkanes) is 6. The van der Waals surface area contributed by atoms with Crippen molar-refractivity contribution in [1.82, 2.24) is 0 Å². The Bertz CT molecular complexity index is 186. The molecule has 0 bridgehead atoms. The van der Waals surface area contributed by atoms with Crippen LogP contribution in [0, 0.1) is 0 Å². The summed E-state index contributed by atoms with van der Waals surface area (Å²) >= 11 is 0. The molecular weight excluding hydrogens is 291 g/mol. The number of aliphatic carboxylic acids is 2. The number of carbonyl (C=O) groups excluding carboxylic acids is 2. The number of hydrogen-bond donors (Lipinski definition) is 0. The van der Waals surface area contributed by atoms with E-state index in [1.54, 1.807) is 0 Å². The predicted octanol–water partition coefficient (Wildman–Crippen LogP) is 1.41. The van der Waals surface area contributed by atoms with Crippen LogP contribution in [0.25, 0.3) is 0 Å². The molecular formula is C14H26CoO4. The second-order valence-corrected chi connectivity index (χ2v) is 4.37. The summed E-state index contributed by atoms with van der Waals surface area (Å²) in [6, 6.07) is 0. The van der Waals surface area contributed by atoms with E-state index in [1.807, 2.05) is 0 Å². The fourth-order valence-corrected chi connectivity index (χ4v) is 1.39. The van der Waals surface area contributed by atoms with Gasteiger partial charge in [-0.1, -0.05) is 52.4 Å². The molecule has 5 heteroatoms. The average Bonchev–Trinajstić information content (AvgIpc) is 2.31. The number of carboxylic acids is 2. The van der Waals surface area contributed by atoms with Gasteiger partial charge in [0, 0.05) is 11.9 Å². The van der Waals surface area contributed by atoms with Crippen molar-refractivity contribution in [2.24, 2.45) is 0 Å². The molecule has 0 aromatic rings. The van der Waals surface area contributed by atoms with E-state index in [0.717, 1.165) is 51.4 Å². The Kier molecular flexibility index (Phi) is 24.5. The van der Waals surface area contributed by atoms with Gasteiger partial charge in [-0.05, 0) is 25.7 Å². The first-order valence-electron chi connectivity index (χ1n) is 6.94. The Morgan fingerprint density at radius 3 is 1.21 bits per heavy atom. The van der Waals surface area contributed by atoms with Crippen molar-refractivity contribution in [3.8, 4) is 0 Å². The largest absolute Gasteiger partial charge is 2.00 e. The van der Waals surface area contributed by atoms with E-state index in [9.17, 15) is 19.8 Å². The van der Waals surface area contributed by atoms with Gasteiger partial charge in [-0.15, -0.1) is 0 Å². The van der Waals surface area contributed by atoms with Gasteiger partial charge >= 0.3 is 16.8 Å². The molecule has 0 spiro atoms. The molecule has 19 heavy (non-hydrogen) atoms. The summed E-state index contributed by atoms with van der Waals surface area (Å²) in [7, 11) is 0. The zero-order valence-corrected chi connectivity index (χ0v) is 13.1. The fourth-order valence-electron chi connectivity index (χ4n) is 1.39. The van der Waals surface area contributed by atoms with Crippen LogP contribution in [-0.4, -0.2) is 11.9 Å². The van der Waals surface area contributed by atoms with Crippen molar-refractivity contribution >= 4 is 11.9 Å².